The number of nitrogens with zero attached hydrogens (tertiary/aromatic N) is 1. The van der Waals surface area contributed by atoms with Crippen molar-refractivity contribution in [3.05, 3.63) is 65.2 Å². The summed E-state index contributed by atoms with van der Waals surface area (Å²) >= 11 is 0. The van der Waals surface area contributed by atoms with Crippen LogP contribution < -0.4 is 10.2 Å². The van der Waals surface area contributed by atoms with E-state index in [1.165, 1.54) is 70.6 Å². The van der Waals surface area contributed by atoms with E-state index in [-0.39, 0.29) is 5.91 Å². The lowest BCUT2D eigenvalue weighted by Crippen LogP contribution is -2.16. The van der Waals surface area contributed by atoms with E-state index in [0.717, 1.165) is 24.0 Å². The van der Waals surface area contributed by atoms with Crippen molar-refractivity contribution in [3.63, 3.8) is 0 Å². The van der Waals surface area contributed by atoms with Crippen molar-refractivity contribution in [3.8, 4) is 5.75 Å². The number of rotatable bonds is 18. The number of hydrazone groups is 1. The monoisotopic (exact) mass is 492 g/mol. The Balaban J connectivity index is 1.50. The predicted octanol–water partition coefficient (Wildman–Crippen LogP) is 8.15. The van der Waals surface area contributed by atoms with Gasteiger partial charge in [0.05, 0.1) is 11.8 Å². The van der Waals surface area contributed by atoms with Crippen molar-refractivity contribution in [1.82, 2.24) is 5.43 Å². The number of hydrogen-bond donors (Lipinski definition) is 1. The van der Waals surface area contributed by atoms with Gasteiger partial charge in [-0.05, 0) is 55.3 Å². The molecule has 0 bridgehead atoms. The summed E-state index contributed by atoms with van der Waals surface area (Å²) < 4.78 is 5.40. The van der Waals surface area contributed by atoms with Gasteiger partial charge in [0.1, 0.15) is 5.75 Å². The van der Waals surface area contributed by atoms with E-state index in [1.807, 2.05) is 19.1 Å². The van der Waals surface area contributed by atoms with Crippen LogP contribution in [0, 0.1) is 6.92 Å². The molecule has 1 amide bonds. The van der Waals surface area contributed by atoms with Crippen LogP contribution in [0.4, 0.5) is 0 Å². The van der Waals surface area contributed by atoms with Crippen LogP contribution in [-0.4, -0.2) is 18.1 Å². The van der Waals surface area contributed by atoms with E-state index in [0.29, 0.717) is 17.7 Å². The van der Waals surface area contributed by atoms with Gasteiger partial charge < -0.3 is 4.74 Å². The number of esters is 1. The van der Waals surface area contributed by atoms with Crippen LogP contribution >= 0.6 is 0 Å². The van der Waals surface area contributed by atoms with Gasteiger partial charge in [0.25, 0.3) is 0 Å². The first-order valence-electron chi connectivity index (χ1n) is 13.8. The second-order valence-corrected chi connectivity index (χ2v) is 9.61. The summed E-state index contributed by atoms with van der Waals surface area (Å²) in [5, 5.41) is 4.04. The van der Waals surface area contributed by atoms with Gasteiger partial charge in [0.15, 0.2) is 0 Å². The highest BCUT2D eigenvalue weighted by Crippen LogP contribution is 2.15. The lowest BCUT2D eigenvalue weighted by molar-refractivity contribution is -0.121. The summed E-state index contributed by atoms with van der Waals surface area (Å²) in [6.45, 7) is 4.23. The molecule has 0 saturated carbocycles. The molecular formula is C31H44N2O3. The second-order valence-electron chi connectivity index (χ2n) is 9.61. The van der Waals surface area contributed by atoms with E-state index in [9.17, 15) is 9.59 Å². The molecule has 5 nitrogen and oxygen atoms in total. The quantitative estimate of drug-likeness (QED) is 0.0750. The number of ether oxygens (including phenoxy) is 1. The highest BCUT2D eigenvalue weighted by Gasteiger charge is 2.08. The zero-order valence-corrected chi connectivity index (χ0v) is 22.3. The Morgan fingerprint density at radius 1 is 0.750 bits per heavy atom. The van der Waals surface area contributed by atoms with Gasteiger partial charge in [0, 0.05) is 6.42 Å². The molecule has 0 atom stereocenters. The van der Waals surface area contributed by atoms with Crippen LogP contribution in [0.3, 0.4) is 0 Å². The number of unbranched alkanes of at least 4 members (excludes halogenated alkanes) is 12. The first kappa shape index (κ1) is 29.3. The van der Waals surface area contributed by atoms with E-state index in [1.54, 1.807) is 42.6 Å². The Morgan fingerprint density at radius 3 is 1.83 bits per heavy atom. The third-order valence-electron chi connectivity index (χ3n) is 6.29. The molecule has 196 valence electrons. The number of aryl methyl sites for hydroxylation is 1. The normalized spacial score (nSPS) is 11.1. The van der Waals surface area contributed by atoms with Crippen molar-refractivity contribution in [2.45, 2.75) is 104 Å². The minimum Gasteiger partial charge on any atom is -0.423 e. The second kappa shape index (κ2) is 18.3. The summed E-state index contributed by atoms with van der Waals surface area (Å²) in [5.41, 5.74) is 5.00. The first-order chi connectivity index (χ1) is 17.6. The Kier molecular flexibility index (Phi) is 14.9. The summed E-state index contributed by atoms with van der Waals surface area (Å²) in [6, 6.07) is 14.3. The molecule has 0 spiro atoms. The van der Waals surface area contributed by atoms with Crippen LogP contribution in [0.2, 0.25) is 0 Å². The third kappa shape index (κ3) is 13.2. The largest absolute Gasteiger partial charge is 0.423 e. The lowest BCUT2D eigenvalue weighted by Gasteiger charge is -2.05. The molecule has 0 heterocycles. The van der Waals surface area contributed by atoms with E-state index in [4.69, 9.17) is 4.74 Å². The number of carbonyl (C=O) groups excluding carboxylic acids is 2. The first-order valence-corrected chi connectivity index (χ1v) is 13.8. The van der Waals surface area contributed by atoms with Crippen molar-refractivity contribution < 1.29 is 14.3 Å². The van der Waals surface area contributed by atoms with Gasteiger partial charge >= 0.3 is 5.97 Å². The maximum absolute atomic E-state index is 12.2. The Labute approximate surface area is 217 Å². The topological polar surface area (TPSA) is 67.8 Å². The smallest absolute Gasteiger partial charge is 0.343 e. The number of amides is 1. The molecule has 0 aliphatic rings. The van der Waals surface area contributed by atoms with Crippen LogP contribution in [0.5, 0.6) is 5.75 Å². The van der Waals surface area contributed by atoms with Gasteiger partial charge in [-0.25, -0.2) is 10.2 Å². The number of carbonyl (C=O) groups is 2. The van der Waals surface area contributed by atoms with Crippen molar-refractivity contribution in [2.75, 3.05) is 0 Å². The van der Waals surface area contributed by atoms with E-state index in [2.05, 4.69) is 17.5 Å². The highest BCUT2D eigenvalue weighted by molar-refractivity contribution is 5.91. The average Bonchev–Trinajstić information content (AvgIpc) is 2.88. The molecular weight excluding hydrogens is 448 g/mol. The third-order valence-corrected chi connectivity index (χ3v) is 6.29. The minimum atomic E-state index is -0.392. The molecule has 0 saturated heterocycles. The average molecular weight is 493 g/mol. The molecule has 5 heteroatoms. The van der Waals surface area contributed by atoms with Gasteiger partial charge in [0.2, 0.25) is 5.91 Å². The molecule has 0 radical (unpaired) electrons. The van der Waals surface area contributed by atoms with Gasteiger partial charge in [-0.2, -0.15) is 5.10 Å². The summed E-state index contributed by atoms with van der Waals surface area (Å²) in [6.07, 6.45) is 18.9. The fourth-order valence-electron chi connectivity index (χ4n) is 4.02. The molecule has 2 aromatic carbocycles. The molecule has 0 unspecified atom stereocenters. The Bertz CT molecular complexity index is 904. The number of hydrogen-bond acceptors (Lipinski definition) is 4. The molecule has 0 aliphatic carbocycles. The van der Waals surface area contributed by atoms with E-state index < -0.39 is 5.97 Å². The Hall–Kier alpha value is -2.95. The van der Waals surface area contributed by atoms with Gasteiger partial charge in [-0.1, -0.05) is 102 Å². The summed E-state index contributed by atoms with van der Waals surface area (Å²) in [4.78, 5) is 24.2. The van der Waals surface area contributed by atoms with Crippen molar-refractivity contribution in [2.24, 2.45) is 5.10 Å². The molecule has 0 fully saturated rings. The molecule has 0 aliphatic heterocycles. The Morgan fingerprint density at radius 2 is 1.28 bits per heavy atom. The van der Waals surface area contributed by atoms with Crippen LogP contribution in [0.25, 0.3) is 0 Å². The molecule has 36 heavy (non-hydrogen) atoms. The molecule has 0 aromatic heterocycles. The van der Waals surface area contributed by atoms with Crippen molar-refractivity contribution in [1.29, 1.82) is 0 Å². The number of nitrogens with one attached hydrogen (secondary N) is 1. The standard InChI is InChI=1S/C31H44N2O3/c1-3-4-5-6-7-8-9-10-11-12-13-14-15-16-30(34)33-32-25-27-19-23-29(24-20-27)36-31(35)28-21-17-26(2)18-22-28/h17-25H,3-16H2,1-2H3,(H,33,34). The maximum Gasteiger partial charge on any atom is 0.343 e. The SMILES string of the molecule is CCCCCCCCCCCCCCCC(=O)NN=Cc1ccc(OC(=O)c2ccc(C)cc2)cc1. The van der Waals surface area contributed by atoms with Gasteiger partial charge in [-0.3, -0.25) is 4.79 Å². The fourth-order valence-corrected chi connectivity index (χ4v) is 4.02. The zero-order valence-electron chi connectivity index (χ0n) is 22.3. The lowest BCUT2D eigenvalue weighted by atomic mass is 10.0. The summed E-state index contributed by atoms with van der Waals surface area (Å²) in [5.74, 6) is 0.0130. The van der Waals surface area contributed by atoms with Gasteiger partial charge in [-0.15, -0.1) is 0 Å². The van der Waals surface area contributed by atoms with E-state index >= 15 is 0 Å². The minimum absolute atomic E-state index is 0.0574. The van der Waals surface area contributed by atoms with Crippen LogP contribution in [-0.2, 0) is 4.79 Å². The molecule has 2 aromatic rings. The fraction of sp³-hybridized carbons (Fsp3) is 0.516. The summed E-state index contributed by atoms with van der Waals surface area (Å²) in [7, 11) is 0. The maximum atomic E-state index is 12.2. The molecule has 2 rings (SSSR count). The van der Waals surface area contributed by atoms with Crippen LogP contribution in [0.1, 0.15) is 118 Å². The zero-order chi connectivity index (χ0) is 25.8. The predicted molar refractivity (Wildman–Crippen MR) is 149 cm³/mol. The van der Waals surface area contributed by atoms with Crippen LogP contribution in [0.15, 0.2) is 53.6 Å². The molecule has 1 N–H and O–H groups in total. The van der Waals surface area contributed by atoms with Crippen molar-refractivity contribution >= 4 is 18.1 Å². The number of benzene rings is 2. The highest BCUT2D eigenvalue weighted by atomic mass is 16.5.